The Hall–Kier alpha value is -0.0600. The SMILES string of the molecule is Cc1nn(C)c(CN(C)CC(C)Cl)c1Br. The summed E-state index contributed by atoms with van der Waals surface area (Å²) in [6, 6.07) is 0. The van der Waals surface area contributed by atoms with Crippen LogP contribution >= 0.6 is 27.5 Å². The van der Waals surface area contributed by atoms with Gasteiger partial charge in [0.1, 0.15) is 0 Å². The molecule has 0 amide bonds. The van der Waals surface area contributed by atoms with Gasteiger partial charge in [0.25, 0.3) is 0 Å². The summed E-state index contributed by atoms with van der Waals surface area (Å²) in [6.07, 6.45) is 0. The van der Waals surface area contributed by atoms with Gasteiger partial charge < -0.3 is 0 Å². The molecule has 0 saturated heterocycles. The first-order valence-corrected chi connectivity index (χ1v) is 6.15. The maximum absolute atomic E-state index is 5.95. The van der Waals surface area contributed by atoms with Crippen molar-refractivity contribution in [3.05, 3.63) is 15.9 Å². The molecule has 0 aliphatic heterocycles. The highest BCUT2D eigenvalue weighted by atomic mass is 79.9. The number of hydrogen-bond acceptors (Lipinski definition) is 2. The van der Waals surface area contributed by atoms with Crippen molar-refractivity contribution in [3.63, 3.8) is 0 Å². The Morgan fingerprint density at radius 1 is 1.60 bits per heavy atom. The first-order chi connectivity index (χ1) is 6.91. The van der Waals surface area contributed by atoms with Crippen molar-refractivity contribution in [2.45, 2.75) is 25.8 Å². The van der Waals surface area contributed by atoms with Gasteiger partial charge in [0, 0.05) is 25.5 Å². The van der Waals surface area contributed by atoms with E-state index in [9.17, 15) is 0 Å². The summed E-state index contributed by atoms with van der Waals surface area (Å²) < 4.78 is 3.01. The highest BCUT2D eigenvalue weighted by molar-refractivity contribution is 9.10. The van der Waals surface area contributed by atoms with E-state index in [2.05, 4.69) is 33.0 Å². The predicted octanol–water partition coefficient (Wildman–Crippen LogP) is 2.55. The van der Waals surface area contributed by atoms with Gasteiger partial charge in [0.15, 0.2) is 0 Å². The largest absolute Gasteiger partial charge is 0.299 e. The first kappa shape index (κ1) is 13.0. The van der Waals surface area contributed by atoms with E-state index in [1.165, 1.54) is 5.69 Å². The van der Waals surface area contributed by atoms with E-state index in [-0.39, 0.29) is 5.38 Å². The summed E-state index contributed by atoms with van der Waals surface area (Å²) in [5.41, 5.74) is 2.21. The average molecular weight is 295 g/mol. The molecule has 1 unspecified atom stereocenters. The van der Waals surface area contributed by atoms with Crippen LogP contribution in [-0.4, -0.2) is 33.6 Å². The van der Waals surface area contributed by atoms with Gasteiger partial charge in [-0.05, 0) is 36.8 Å². The molecule has 0 aromatic carbocycles. The van der Waals surface area contributed by atoms with Crippen LogP contribution in [0, 0.1) is 6.92 Å². The standard InChI is InChI=1S/C10H17BrClN3/c1-7(12)5-14(3)6-9-10(11)8(2)13-15(9)4/h7H,5-6H2,1-4H3. The van der Waals surface area contributed by atoms with Crippen LogP contribution < -0.4 is 0 Å². The molecule has 0 N–H and O–H groups in total. The van der Waals surface area contributed by atoms with Gasteiger partial charge in [0.2, 0.25) is 0 Å². The summed E-state index contributed by atoms with van der Waals surface area (Å²) in [4.78, 5) is 2.19. The van der Waals surface area contributed by atoms with Gasteiger partial charge in [-0.15, -0.1) is 11.6 Å². The lowest BCUT2D eigenvalue weighted by Gasteiger charge is -2.18. The number of halogens is 2. The quantitative estimate of drug-likeness (QED) is 0.796. The van der Waals surface area contributed by atoms with Crippen LogP contribution in [0.1, 0.15) is 18.3 Å². The van der Waals surface area contributed by atoms with E-state index >= 15 is 0 Å². The number of rotatable bonds is 4. The van der Waals surface area contributed by atoms with E-state index in [0.29, 0.717) is 0 Å². The zero-order chi connectivity index (χ0) is 11.6. The molecule has 0 radical (unpaired) electrons. The lowest BCUT2D eigenvalue weighted by atomic mass is 10.3. The maximum atomic E-state index is 5.95. The number of nitrogens with zero attached hydrogens (tertiary/aromatic N) is 3. The van der Waals surface area contributed by atoms with Crippen LogP contribution in [0.3, 0.4) is 0 Å². The smallest absolute Gasteiger partial charge is 0.0739 e. The monoisotopic (exact) mass is 293 g/mol. The molecule has 1 heterocycles. The minimum Gasteiger partial charge on any atom is -0.299 e. The molecule has 15 heavy (non-hydrogen) atoms. The van der Waals surface area contributed by atoms with Crippen molar-refractivity contribution in [3.8, 4) is 0 Å². The van der Waals surface area contributed by atoms with Crippen molar-refractivity contribution < 1.29 is 0 Å². The molecule has 0 spiro atoms. The third-order valence-electron chi connectivity index (χ3n) is 2.24. The Morgan fingerprint density at radius 3 is 2.60 bits per heavy atom. The molecule has 0 bridgehead atoms. The fraction of sp³-hybridized carbons (Fsp3) is 0.700. The van der Waals surface area contributed by atoms with Crippen LogP contribution in [0.25, 0.3) is 0 Å². The summed E-state index contributed by atoms with van der Waals surface area (Å²) >= 11 is 9.50. The maximum Gasteiger partial charge on any atom is 0.0739 e. The van der Waals surface area contributed by atoms with E-state index in [0.717, 1.165) is 23.3 Å². The van der Waals surface area contributed by atoms with Crippen LogP contribution in [-0.2, 0) is 13.6 Å². The second-order valence-corrected chi connectivity index (χ2v) is 5.49. The first-order valence-electron chi connectivity index (χ1n) is 4.92. The third-order valence-corrected chi connectivity index (χ3v) is 3.41. The molecule has 1 rings (SSSR count). The van der Waals surface area contributed by atoms with Crippen molar-refractivity contribution in [1.82, 2.24) is 14.7 Å². The Bertz CT molecular complexity index is 336. The topological polar surface area (TPSA) is 21.1 Å². The summed E-state index contributed by atoms with van der Waals surface area (Å²) in [5, 5.41) is 4.52. The van der Waals surface area contributed by atoms with Gasteiger partial charge >= 0.3 is 0 Å². The van der Waals surface area contributed by atoms with Crippen molar-refractivity contribution in [2.24, 2.45) is 7.05 Å². The minimum atomic E-state index is 0.170. The normalized spacial score (nSPS) is 13.5. The van der Waals surface area contributed by atoms with Gasteiger partial charge in [-0.1, -0.05) is 0 Å². The Balaban J connectivity index is 2.71. The number of aromatic nitrogens is 2. The third kappa shape index (κ3) is 3.47. The molecular formula is C10H17BrClN3. The van der Waals surface area contributed by atoms with Crippen LogP contribution in [0.4, 0.5) is 0 Å². The van der Waals surface area contributed by atoms with Crippen LogP contribution in [0.2, 0.25) is 0 Å². The Labute approximate surface area is 105 Å². The highest BCUT2D eigenvalue weighted by Gasteiger charge is 2.13. The molecule has 1 atom stereocenters. The van der Waals surface area contributed by atoms with Crippen molar-refractivity contribution in [2.75, 3.05) is 13.6 Å². The molecule has 0 saturated carbocycles. The zero-order valence-electron chi connectivity index (χ0n) is 9.59. The van der Waals surface area contributed by atoms with Gasteiger partial charge in [-0.2, -0.15) is 5.10 Å². The number of hydrogen-bond donors (Lipinski definition) is 0. The van der Waals surface area contributed by atoms with E-state index < -0.39 is 0 Å². The molecule has 5 heteroatoms. The minimum absolute atomic E-state index is 0.170. The predicted molar refractivity (Wildman–Crippen MR) is 67.3 cm³/mol. The fourth-order valence-electron chi connectivity index (χ4n) is 1.60. The molecular weight excluding hydrogens is 277 g/mol. The zero-order valence-corrected chi connectivity index (χ0v) is 11.9. The summed E-state index contributed by atoms with van der Waals surface area (Å²) in [6.45, 7) is 5.73. The Kier molecular flexibility index (Phi) is 4.62. The Morgan fingerprint density at radius 2 is 2.20 bits per heavy atom. The fourth-order valence-corrected chi connectivity index (χ4v) is 2.30. The van der Waals surface area contributed by atoms with E-state index in [1.807, 2.05) is 25.6 Å². The summed E-state index contributed by atoms with van der Waals surface area (Å²) in [5.74, 6) is 0. The van der Waals surface area contributed by atoms with Gasteiger partial charge in [-0.3, -0.25) is 9.58 Å². The van der Waals surface area contributed by atoms with Gasteiger partial charge in [-0.25, -0.2) is 0 Å². The lowest BCUT2D eigenvalue weighted by molar-refractivity contribution is 0.319. The molecule has 86 valence electrons. The summed E-state index contributed by atoms with van der Waals surface area (Å²) in [7, 11) is 4.03. The highest BCUT2D eigenvalue weighted by Crippen LogP contribution is 2.21. The molecule has 1 aromatic rings. The van der Waals surface area contributed by atoms with Crippen LogP contribution in [0.15, 0.2) is 4.47 Å². The van der Waals surface area contributed by atoms with E-state index in [1.54, 1.807) is 0 Å². The van der Waals surface area contributed by atoms with Crippen LogP contribution in [0.5, 0.6) is 0 Å². The second kappa shape index (κ2) is 5.32. The van der Waals surface area contributed by atoms with Gasteiger partial charge in [0.05, 0.1) is 15.9 Å². The average Bonchev–Trinajstić information content (AvgIpc) is 2.31. The molecule has 0 fully saturated rings. The number of aryl methyl sites for hydroxylation is 2. The van der Waals surface area contributed by atoms with Crippen molar-refractivity contribution in [1.29, 1.82) is 0 Å². The number of alkyl halides is 1. The van der Waals surface area contributed by atoms with Crippen molar-refractivity contribution >= 4 is 27.5 Å². The molecule has 1 aromatic heterocycles. The van der Waals surface area contributed by atoms with E-state index in [4.69, 9.17) is 11.6 Å². The molecule has 0 aliphatic rings. The molecule has 3 nitrogen and oxygen atoms in total. The second-order valence-electron chi connectivity index (χ2n) is 3.95. The molecule has 0 aliphatic carbocycles. The lowest BCUT2D eigenvalue weighted by Crippen LogP contribution is -2.25.